The van der Waals surface area contributed by atoms with Gasteiger partial charge in [0.15, 0.2) is 5.13 Å². The SMILES string of the molecule is CCC(=O)Nc1cc(NC(C)(C)C(=O)Nc2nc3ccc4c(c3s2)CNN4)ccc1Cl. The fourth-order valence-electron chi connectivity index (χ4n) is 3.23. The highest BCUT2D eigenvalue weighted by molar-refractivity contribution is 7.22. The van der Waals surface area contributed by atoms with Crippen molar-refractivity contribution in [2.75, 3.05) is 21.4 Å². The average molecular weight is 459 g/mol. The van der Waals surface area contributed by atoms with Gasteiger partial charge in [0.05, 0.1) is 26.6 Å². The van der Waals surface area contributed by atoms with Gasteiger partial charge in [-0.05, 0) is 44.2 Å². The molecule has 1 aliphatic rings. The number of halogens is 1. The van der Waals surface area contributed by atoms with Crippen LogP contribution in [0.15, 0.2) is 30.3 Å². The highest BCUT2D eigenvalue weighted by Crippen LogP contribution is 2.35. The molecular weight excluding hydrogens is 436 g/mol. The molecule has 1 aromatic heterocycles. The van der Waals surface area contributed by atoms with E-state index < -0.39 is 5.54 Å². The minimum atomic E-state index is -0.942. The zero-order chi connectivity index (χ0) is 22.2. The first-order valence-electron chi connectivity index (χ1n) is 9.87. The van der Waals surface area contributed by atoms with Crippen molar-refractivity contribution < 1.29 is 9.59 Å². The second-order valence-corrected chi connectivity index (χ2v) is 9.14. The molecule has 0 saturated carbocycles. The summed E-state index contributed by atoms with van der Waals surface area (Å²) in [7, 11) is 0. The summed E-state index contributed by atoms with van der Waals surface area (Å²) in [4.78, 5) is 29.3. The molecule has 2 heterocycles. The van der Waals surface area contributed by atoms with Gasteiger partial charge in [-0.25, -0.2) is 10.4 Å². The molecule has 0 bridgehead atoms. The maximum absolute atomic E-state index is 13.0. The van der Waals surface area contributed by atoms with E-state index in [1.807, 2.05) is 12.1 Å². The van der Waals surface area contributed by atoms with Gasteiger partial charge in [-0.2, -0.15) is 0 Å². The fraction of sp³-hybridized carbons (Fsp3) is 0.286. The van der Waals surface area contributed by atoms with Crippen LogP contribution in [0.1, 0.15) is 32.8 Å². The highest BCUT2D eigenvalue weighted by atomic mass is 35.5. The predicted octanol–water partition coefficient (Wildman–Crippen LogP) is 4.56. The quantitative estimate of drug-likeness (QED) is 0.370. The van der Waals surface area contributed by atoms with Crippen molar-refractivity contribution in [3.05, 3.63) is 40.9 Å². The minimum Gasteiger partial charge on any atom is -0.372 e. The number of hydrazine groups is 1. The Balaban J connectivity index is 1.50. The van der Waals surface area contributed by atoms with Gasteiger partial charge in [0.25, 0.3) is 5.91 Å². The summed E-state index contributed by atoms with van der Waals surface area (Å²) in [6.07, 6.45) is 0.347. The van der Waals surface area contributed by atoms with Gasteiger partial charge in [0.1, 0.15) is 5.54 Å². The van der Waals surface area contributed by atoms with Gasteiger partial charge >= 0.3 is 0 Å². The van der Waals surface area contributed by atoms with Crippen LogP contribution in [-0.2, 0) is 16.1 Å². The third-order valence-corrected chi connectivity index (χ3v) is 6.33. The number of hydrogen-bond donors (Lipinski definition) is 5. The molecule has 2 aromatic carbocycles. The number of thiazole rings is 1. The predicted molar refractivity (Wildman–Crippen MR) is 127 cm³/mol. The zero-order valence-electron chi connectivity index (χ0n) is 17.4. The highest BCUT2D eigenvalue weighted by Gasteiger charge is 2.29. The summed E-state index contributed by atoms with van der Waals surface area (Å²) in [6.45, 7) is 6.03. The monoisotopic (exact) mass is 458 g/mol. The number of hydrogen-bond acceptors (Lipinski definition) is 7. The largest absolute Gasteiger partial charge is 0.372 e. The smallest absolute Gasteiger partial charge is 0.251 e. The number of carbonyl (C=O) groups is 2. The van der Waals surface area contributed by atoms with Crippen LogP contribution < -0.4 is 26.8 Å². The van der Waals surface area contributed by atoms with Crippen LogP contribution in [0.3, 0.4) is 0 Å². The maximum Gasteiger partial charge on any atom is 0.251 e. The lowest BCUT2D eigenvalue weighted by atomic mass is 10.0. The molecule has 3 aromatic rings. The Morgan fingerprint density at radius 3 is 2.81 bits per heavy atom. The van der Waals surface area contributed by atoms with Crippen molar-refractivity contribution in [2.45, 2.75) is 39.3 Å². The molecule has 5 N–H and O–H groups in total. The number of fused-ring (bicyclic) bond motifs is 3. The van der Waals surface area contributed by atoms with Crippen LogP contribution in [0.25, 0.3) is 10.2 Å². The van der Waals surface area contributed by atoms with E-state index in [2.05, 4.69) is 31.8 Å². The molecule has 0 saturated heterocycles. The van der Waals surface area contributed by atoms with Crippen LogP contribution in [-0.4, -0.2) is 22.3 Å². The van der Waals surface area contributed by atoms with Gasteiger partial charge < -0.3 is 16.1 Å². The lowest BCUT2D eigenvalue weighted by Crippen LogP contribution is -2.44. The van der Waals surface area contributed by atoms with Crippen LogP contribution in [0.2, 0.25) is 5.02 Å². The summed E-state index contributed by atoms with van der Waals surface area (Å²) in [5.74, 6) is -0.364. The van der Waals surface area contributed by atoms with E-state index in [0.717, 1.165) is 21.5 Å². The molecule has 0 fully saturated rings. The molecule has 2 amide bonds. The van der Waals surface area contributed by atoms with E-state index in [0.29, 0.717) is 34.5 Å². The molecule has 31 heavy (non-hydrogen) atoms. The Bertz CT molecular complexity index is 1180. The van der Waals surface area contributed by atoms with Crippen molar-refractivity contribution in [1.29, 1.82) is 0 Å². The molecule has 8 nitrogen and oxygen atoms in total. The summed E-state index contributed by atoms with van der Waals surface area (Å²) < 4.78 is 1.05. The molecule has 162 valence electrons. The summed E-state index contributed by atoms with van der Waals surface area (Å²) >= 11 is 7.63. The van der Waals surface area contributed by atoms with Gasteiger partial charge in [0.2, 0.25) is 5.91 Å². The molecule has 10 heteroatoms. The molecule has 1 aliphatic heterocycles. The van der Waals surface area contributed by atoms with E-state index in [4.69, 9.17) is 11.6 Å². The minimum absolute atomic E-state index is 0.135. The zero-order valence-corrected chi connectivity index (χ0v) is 18.9. The second-order valence-electron chi connectivity index (χ2n) is 7.74. The Morgan fingerprint density at radius 2 is 2.03 bits per heavy atom. The van der Waals surface area contributed by atoms with Crippen molar-refractivity contribution >= 4 is 67.2 Å². The van der Waals surface area contributed by atoms with E-state index in [1.54, 1.807) is 39.0 Å². The first kappa shape index (κ1) is 21.4. The molecule has 0 spiro atoms. The normalized spacial score (nSPS) is 12.9. The number of amides is 2. The van der Waals surface area contributed by atoms with Crippen molar-refractivity contribution in [2.24, 2.45) is 0 Å². The van der Waals surface area contributed by atoms with Gasteiger partial charge in [-0.1, -0.05) is 29.9 Å². The van der Waals surface area contributed by atoms with Crippen molar-refractivity contribution in [1.82, 2.24) is 10.4 Å². The van der Waals surface area contributed by atoms with Crippen LogP contribution in [0.4, 0.5) is 22.2 Å². The van der Waals surface area contributed by atoms with Gasteiger partial charge in [0, 0.05) is 24.2 Å². The van der Waals surface area contributed by atoms with E-state index in [-0.39, 0.29) is 11.8 Å². The first-order chi connectivity index (χ1) is 14.8. The van der Waals surface area contributed by atoms with E-state index in [1.165, 1.54) is 11.3 Å². The van der Waals surface area contributed by atoms with Crippen molar-refractivity contribution in [3.63, 3.8) is 0 Å². The van der Waals surface area contributed by atoms with Crippen LogP contribution in [0.5, 0.6) is 0 Å². The molecular formula is C21H23ClN6O2S. The lowest BCUT2D eigenvalue weighted by molar-refractivity contribution is -0.119. The lowest BCUT2D eigenvalue weighted by Gasteiger charge is -2.26. The number of nitrogens with one attached hydrogen (secondary N) is 5. The first-order valence-corrected chi connectivity index (χ1v) is 11.1. The number of anilines is 4. The Hall–Kier alpha value is -2.88. The Kier molecular flexibility index (Phi) is 5.74. The van der Waals surface area contributed by atoms with Crippen LogP contribution >= 0.6 is 22.9 Å². The number of carbonyl (C=O) groups excluding carboxylic acids is 2. The van der Waals surface area contributed by atoms with Gasteiger partial charge in [-0.3, -0.25) is 14.9 Å². The van der Waals surface area contributed by atoms with Gasteiger partial charge in [-0.15, -0.1) is 0 Å². The van der Waals surface area contributed by atoms with Crippen molar-refractivity contribution in [3.8, 4) is 0 Å². The topological polar surface area (TPSA) is 107 Å². The number of nitrogens with zero attached hydrogens (tertiary/aromatic N) is 1. The Labute approximate surface area is 188 Å². The second kappa shape index (κ2) is 8.33. The number of aromatic nitrogens is 1. The fourth-order valence-corrected chi connectivity index (χ4v) is 4.40. The molecule has 0 radical (unpaired) electrons. The van der Waals surface area contributed by atoms with Crippen LogP contribution in [0, 0.1) is 0 Å². The van der Waals surface area contributed by atoms with E-state index >= 15 is 0 Å². The average Bonchev–Trinajstić information content (AvgIpc) is 3.36. The molecule has 0 atom stereocenters. The molecule has 4 rings (SSSR count). The molecule has 0 aliphatic carbocycles. The Morgan fingerprint density at radius 1 is 1.23 bits per heavy atom. The maximum atomic E-state index is 13.0. The summed E-state index contributed by atoms with van der Waals surface area (Å²) in [5.41, 5.74) is 9.46. The third kappa shape index (κ3) is 4.43. The summed E-state index contributed by atoms with van der Waals surface area (Å²) in [6, 6.07) is 9.07. The summed E-state index contributed by atoms with van der Waals surface area (Å²) in [5, 5.41) is 9.86. The third-order valence-electron chi connectivity index (χ3n) is 4.96. The number of rotatable bonds is 6. The standard InChI is InChI=1S/C21H23ClN6O2S/c1-4-17(29)24-16-9-11(5-6-13(16)22)27-21(2,3)19(30)26-20-25-15-8-7-14-12(10-23-28-14)18(15)31-20/h5-9,23,27-28H,4,10H2,1-3H3,(H,24,29)(H,25,26,30). The molecule has 0 unspecified atom stereocenters. The van der Waals surface area contributed by atoms with E-state index in [9.17, 15) is 9.59 Å². The number of benzene rings is 2.